The lowest BCUT2D eigenvalue weighted by Crippen LogP contribution is -2.49. The summed E-state index contributed by atoms with van der Waals surface area (Å²) in [6.45, 7) is 4.53. The average Bonchev–Trinajstić information content (AvgIpc) is 3.41. The quantitative estimate of drug-likeness (QED) is 0.738. The SMILES string of the molecule is N#Cc1ccc2[nH]cc(C3CCC(N4CCN(c5ccccc5)CC4)C3)c2c1. The van der Waals surface area contributed by atoms with Gasteiger partial charge in [0.15, 0.2) is 0 Å². The van der Waals surface area contributed by atoms with Gasteiger partial charge < -0.3 is 9.88 Å². The Labute approximate surface area is 166 Å². The van der Waals surface area contributed by atoms with Crippen molar-refractivity contribution in [1.29, 1.82) is 5.26 Å². The third kappa shape index (κ3) is 3.16. The standard InChI is InChI=1S/C24H26N4/c25-16-18-6-9-24-22(14-18)23(17-26-24)19-7-8-21(15-19)28-12-10-27(11-13-28)20-4-2-1-3-5-20/h1-6,9,14,17,19,21,26H,7-8,10-13,15H2. The van der Waals surface area contributed by atoms with Crippen molar-refractivity contribution < 1.29 is 0 Å². The predicted octanol–water partition coefficient (Wildman–Crippen LogP) is 4.50. The van der Waals surface area contributed by atoms with E-state index in [0.29, 0.717) is 12.0 Å². The van der Waals surface area contributed by atoms with E-state index in [2.05, 4.69) is 57.4 Å². The highest BCUT2D eigenvalue weighted by Gasteiger charge is 2.32. The predicted molar refractivity (Wildman–Crippen MR) is 114 cm³/mol. The molecule has 2 heterocycles. The largest absolute Gasteiger partial charge is 0.369 e. The molecule has 4 nitrogen and oxygen atoms in total. The first-order chi connectivity index (χ1) is 13.8. The molecule has 0 bridgehead atoms. The molecule has 2 fully saturated rings. The van der Waals surface area contributed by atoms with E-state index in [4.69, 9.17) is 0 Å². The van der Waals surface area contributed by atoms with Crippen LogP contribution in [0.1, 0.15) is 36.3 Å². The molecular weight excluding hydrogens is 344 g/mol. The molecule has 1 saturated heterocycles. The van der Waals surface area contributed by atoms with Crippen LogP contribution in [0, 0.1) is 11.3 Å². The lowest BCUT2D eigenvalue weighted by atomic mass is 9.96. The van der Waals surface area contributed by atoms with Gasteiger partial charge >= 0.3 is 0 Å². The summed E-state index contributed by atoms with van der Waals surface area (Å²) < 4.78 is 0. The Hall–Kier alpha value is -2.77. The molecule has 0 amide bonds. The van der Waals surface area contributed by atoms with E-state index < -0.39 is 0 Å². The van der Waals surface area contributed by atoms with Crippen molar-refractivity contribution in [2.45, 2.75) is 31.2 Å². The normalized spacial score (nSPS) is 23.2. The second-order valence-corrected chi connectivity index (χ2v) is 8.14. The molecule has 28 heavy (non-hydrogen) atoms. The fourth-order valence-corrected chi connectivity index (χ4v) is 5.11. The van der Waals surface area contributed by atoms with E-state index in [9.17, 15) is 5.26 Å². The molecule has 2 aliphatic rings. The van der Waals surface area contributed by atoms with Crippen molar-refractivity contribution in [3.05, 3.63) is 65.9 Å². The summed E-state index contributed by atoms with van der Waals surface area (Å²) in [5.41, 5.74) is 4.64. The number of nitrogens with one attached hydrogen (secondary N) is 1. The number of aromatic amines is 1. The Morgan fingerprint density at radius 2 is 1.79 bits per heavy atom. The van der Waals surface area contributed by atoms with Crippen LogP contribution in [0.2, 0.25) is 0 Å². The van der Waals surface area contributed by atoms with E-state index in [0.717, 1.165) is 37.3 Å². The Balaban J connectivity index is 1.25. The summed E-state index contributed by atoms with van der Waals surface area (Å²) in [4.78, 5) is 8.61. The Morgan fingerprint density at radius 1 is 0.964 bits per heavy atom. The molecule has 142 valence electrons. The molecule has 4 heteroatoms. The van der Waals surface area contributed by atoms with Gasteiger partial charge in [0.25, 0.3) is 0 Å². The van der Waals surface area contributed by atoms with Crippen LogP contribution in [0.15, 0.2) is 54.7 Å². The van der Waals surface area contributed by atoms with E-state index in [1.54, 1.807) is 0 Å². The number of hydrogen-bond acceptors (Lipinski definition) is 3. The highest BCUT2D eigenvalue weighted by molar-refractivity contribution is 5.85. The maximum Gasteiger partial charge on any atom is 0.0991 e. The van der Waals surface area contributed by atoms with Crippen LogP contribution in [-0.4, -0.2) is 42.1 Å². The number of piperazine rings is 1. The number of anilines is 1. The Bertz CT molecular complexity index is 992. The minimum Gasteiger partial charge on any atom is -0.369 e. The Kier molecular flexibility index (Phi) is 4.54. The second-order valence-electron chi connectivity index (χ2n) is 8.14. The van der Waals surface area contributed by atoms with Crippen LogP contribution in [0.3, 0.4) is 0 Å². The zero-order chi connectivity index (χ0) is 18.9. The molecule has 1 saturated carbocycles. The fraction of sp³-hybridized carbons (Fsp3) is 0.375. The molecule has 2 aromatic carbocycles. The van der Waals surface area contributed by atoms with Gasteiger partial charge in [-0.05, 0) is 61.1 Å². The highest BCUT2D eigenvalue weighted by atomic mass is 15.3. The van der Waals surface area contributed by atoms with Gasteiger partial charge in [-0.25, -0.2) is 0 Å². The smallest absolute Gasteiger partial charge is 0.0991 e. The first-order valence-corrected chi connectivity index (χ1v) is 10.4. The van der Waals surface area contributed by atoms with Gasteiger partial charge in [-0.1, -0.05) is 18.2 Å². The minimum atomic E-state index is 0.597. The third-order valence-corrected chi connectivity index (χ3v) is 6.64. The first-order valence-electron chi connectivity index (χ1n) is 10.4. The van der Waals surface area contributed by atoms with Crippen LogP contribution in [0.25, 0.3) is 10.9 Å². The lowest BCUT2D eigenvalue weighted by Gasteiger charge is -2.39. The molecule has 5 rings (SSSR count). The van der Waals surface area contributed by atoms with Crippen LogP contribution in [-0.2, 0) is 0 Å². The number of fused-ring (bicyclic) bond motifs is 1. The zero-order valence-electron chi connectivity index (χ0n) is 16.1. The average molecular weight is 371 g/mol. The summed E-state index contributed by atoms with van der Waals surface area (Å²) in [5, 5.41) is 10.5. The van der Waals surface area contributed by atoms with Gasteiger partial charge in [-0.3, -0.25) is 4.90 Å². The summed E-state index contributed by atoms with van der Waals surface area (Å²) >= 11 is 0. The number of hydrogen-bond donors (Lipinski definition) is 1. The molecule has 1 aromatic heterocycles. The van der Waals surface area contributed by atoms with E-state index in [-0.39, 0.29) is 0 Å². The monoisotopic (exact) mass is 370 g/mol. The second kappa shape index (κ2) is 7.33. The summed E-state index contributed by atoms with van der Waals surface area (Å²) in [5.74, 6) is 0.597. The Morgan fingerprint density at radius 3 is 2.57 bits per heavy atom. The van der Waals surface area contributed by atoms with Crippen LogP contribution < -0.4 is 4.90 Å². The van der Waals surface area contributed by atoms with Crippen LogP contribution in [0.5, 0.6) is 0 Å². The maximum absolute atomic E-state index is 9.24. The molecule has 2 atom stereocenters. The minimum absolute atomic E-state index is 0.597. The topological polar surface area (TPSA) is 46.1 Å². The summed E-state index contributed by atoms with van der Waals surface area (Å²) in [6, 6.07) is 19.7. The van der Waals surface area contributed by atoms with Crippen molar-refractivity contribution in [2.24, 2.45) is 0 Å². The number of nitrogens with zero attached hydrogens (tertiary/aromatic N) is 3. The van der Waals surface area contributed by atoms with Crippen LogP contribution in [0.4, 0.5) is 5.69 Å². The molecule has 1 aliphatic carbocycles. The van der Waals surface area contributed by atoms with Gasteiger partial charge in [0.1, 0.15) is 0 Å². The van der Waals surface area contributed by atoms with Crippen molar-refractivity contribution in [3.63, 3.8) is 0 Å². The molecule has 2 unspecified atom stereocenters. The highest BCUT2D eigenvalue weighted by Crippen LogP contribution is 2.40. The molecule has 3 aromatic rings. The van der Waals surface area contributed by atoms with Gasteiger partial charge in [0.2, 0.25) is 0 Å². The lowest BCUT2D eigenvalue weighted by molar-refractivity contribution is 0.186. The van der Waals surface area contributed by atoms with E-state index >= 15 is 0 Å². The van der Waals surface area contributed by atoms with Gasteiger partial charge in [-0.15, -0.1) is 0 Å². The van der Waals surface area contributed by atoms with Gasteiger partial charge in [-0.2, -0.15) is 5.26 Å². The molecular formula is C24H26N4. The van der Waals surface area contributed by atoms with Crippen molar-refractivity contribution in [2.75, 3.05) is 31.1 Å². The summed E-state index contributed by atoms with van der Waals surface area (Å²) in [7, 11) is 0. The molecule has 0 radical (unpaired) electrons. The number of rotatable bonds is 3. The van der Waals surface area contributed by atoms with E-state index in [1.807, 2.05) is 18.2 Å². The third-order valence-electron chi connectivity index (χ3n) is 6.64. The number of H-pyrrole nitrogens is 1. The van der Waals surface area contributed by atoms with Crippen LogP contribution >= 0.6 is 0 Å². The van der Waals surface area contributed by atoms with Crippen molar-refractivity contribution in [3.8, 4) is 6.07 Å². The zero-order valence-corrected chi connectivity index (χ0v) is 16.1. The number of aromatic nitrogens is 1. The number of para-hydroxylation sites is 1. The molecule has 1 N–H and O–H groups in total. The maximum atomic E-state index is 9.24. The molecule has 0 spiro atoms. The molecule has 1 aliphatic heterocycles. The number of nitriles is 1. The number of benzene rings is 2. The van der Waals surface area contributed by atoms with Crippen molar-refractivity contribution >= 4 is 16.6 Å². The van der Waals surface area contributed by atoms with Gasteiger partial charge in [0.05, 0.1) is 11.6 Å². The van der Waals surface area contributed by atoms with Gasteiger partial charge in [0, 0.05) is 55.0 Å². The van der Waals surface area contributed by atoms with Crippen molar-refractivity contribution in [1.82, 2.24) is 9.88 Å². The van der Waals surface area contributed by atoms with E-state index in [1.165, 1.54) is 35.9 Å². The fourth-order valence-electron chi connectivity index (χ4n) is 5.11. The summed E-state index contributed by atoms with van der Waals surface area (Å²) in [6.07, 6.45) is 5.93. The first kappa shape index (κ1) is 17.3.